The summed E-state index contributed by atoms with van der Waals surface area (Å²) in [6.45, 7) is 2.16. The van der Waals surface area contributed by atoms with Gasteiger partial charge in [-0.15, -0.1) is 0 Å². The summed E-state index contributed by atoms with van der Waals surface area (Å²) in [5, 5.41) is 8.93. The fourth-order valence-corrected chi connectivity index (χ4v) is 2.54. The van der Waals surface area contributed by atoms with Gasteiger partial charge in [-0.3, -0.25) is 0 Å². The van der Waals surface area contributed by atoms with Crippen molar-refractivity contribution in [1.29, 1.82) is 0 Å². The SMILES string of the molecule is CCCCSCc1cc(C(=O)O)ccc1OC. The summed E-state index contributed by atoms with van der Waals surface area (Å²) in [5.74, 6) is 1.76. The van der Waals surface area contributed by atoms with E-state index in [0.29, 0.717) is 5.56 Å². The lowest BCUT2D eigenvalue weighted by Crippen LogP contribution is -1.99. The average Bonchev–Trinajstić information content (AvgIpc) is 2.34. The molecule has 0 amide bonds. The van der Waals surface area contributed by atoms with E-state index in [4.69, 9.17) is 9.84 Å². The molecule has 1 N–H and O–H groups in total. The molecule has 1 rings (SSSR count). The van der Waals surface area contributed by atoms with Crippen molar-refractivity contribution in [2.75, 3.05) is 12.9 Å². The van der Waals surface area contributed by atoms with E-state index >= 15 is 0 Å². The number of benzene rings is 1. The zero-order valence-corrected chi connectivity index (χ0v) is 11.0. The second-order valence-corrected chi connectivity index (χ2v) is 4.84. The van der Waals surface area contributed by atoms with Crippen LogP contribution in [0.15, 0.2) is 18.2 Å². The van der Waals surface area contributed by atoms with Crippen molar-refractivity contribution in [2.24, 2.45) is 0 Å². The van der Waals surface area contributed by atoms with Crippen LogP contribution in [-0.4, -0.2) is 23.9 Å². The number of carbonyl (C=O) groups is 1. The minimum Gasteiger partial charge on any atom is -0.496 e. The average molecular weight is 254 g/mol. The normalized spacial score (nSPS) is 10.2. The van der Waals surface area contributed by atoms with Crippen molar-refractivity contribution in [1.82, 2.24) is 0 Å². The van der Waals surface area contributed by atoms with E-state index in [2.05, 4.69) is 6.92 Å². The molecule has 94 valence electrons. The smallest absolute Gasteiger partial charge is 0.335 e. The van der Waals surface area contributed by atoms with Crippen LogP contribution in [0.2, 0.25) is 0 Å². The Balaban J connectivity index is 2.72. The number of hydrogen-bond donors (Lipinski definition) is 1. The molecule has 1 aromatic rings. The molecule has 1 aromatic carbocycles. The molecular formula is C13H18O3S. The molecule has 0 heterocycles. The molecule has 0 aliphatic heterocycles. The highest BCUT2D eigenvalue weighted by molar-refractivity contribution is 7.98. The third-order valence-corrected chi connectivity index (χ3v) is 3.52. The Labute approximate surface area is 106 Å². The molecule has 0 fully saturated rings. The fraction of sp³-hybridized carbons (Fsp3) is 0.462. The van der Waals surface area contributed by atoms with Gasteiger partial charge in [-0.2, -0.15) is 11.8 Å². The number of ether oxygens (including phenoxy) is 1. The molecule has 17 heavy (non-hydrogen) atoms. The fourth-order valence-electron chi connectivity index (χ4n) is 1.45. The predicted molar refractivity (Wildman–Crippen MR) is 71.0 cm³/mol. The molecule has 3 nitrogen and oxygen atoms in total. The predicted octanol–water partition coefficient (Wildman–Crippen LogP) is 3.43. The Morgan fingerprint density at radius 3 is 2.82 bits per heavy atom. The Bertz CT molecular complexity index is 377. The van der Waals surface area contributed by atoms with Gasteiger partial charge in [0.2, 0.25) is 0 Å². The highest BCUT2D eigenvalue weighted by Gasteiger charge is 2.08. The lowest BCUT2D eigenvalue weighted by molar-refractivity contribution is 0.0696. The summed E-state index contributed by atoms with van der Waals surface area (Å²) in [6.07, 6.45) is 2.37. The zero-order chi connectivity index (χ0) is 12.7. The monoisotopic (exact) mass is 254 g/mol. The first-order chi connectivity index (χ1) is 8.19. The van der Waals surface area contributed by atoms with Crippen molar-refractivity contribution < 1.29 is 14.6 Å². The highest BCUT2D eigenvalue weighted by Crippen LogP contribution is 2.25. The Kier molecular flexibility index (Phi) is 5.91. The van der Waals surface area contributed by atoms with E-state index in [1.165, 1.54) is 12.8 Å². The second kappa shape index (κ2) is 7.22. The van der Waals surface area contributed by atoms with Crippen molar-refractivity contribution in [2.45, 2.75) is 25.5 Å². The molecule has 0 bridgehead atoms. The van der Waals surface area contributed by atoms with Crippen LogP contribution in [0.4, 0.5) is 0 Å². The van der Waals surface area contributed by atoms with Crippen LogP contribution in [0.5, 0.6) is 5.75 Å². The van der Waals surface area contributed by atoms with Crippen LogP contribution in [-0.2, 0) is 5.75 Å². The molecule has 0 aliphatic rings. The first kappa shape index (κ1) is 13.9. The number of thioether (sulfide) groups is 1. The van der Waals surface area contributed by atoms with Crippen molar-refractivity contribution in [3.05, 3.63) is 29.3 Å². The minimum atomic E-state index is -0.896. The number of aromatic carboxylic acids is 1. The summed E-state index contributed by atoms with van der Waals surface area (Å²) >= 11 is 1.81. The Morgan fingerprint density at radius 1 is 1.47 bits per heavy atom. The van der Waals surface area contributed by atoms with E-state index in [1.807, 2.05) is 11.8 Å². The van der Waals surface area contributed by atoms with Crippen molar-refractivity contribution >= 4 is 17.7 Å². The summed E-state index contributed by atoms with van der Waals surface area (Å²) in [5.41, 5.74) is 1.27. The summed E-state index contributed by atoms with van der Waals surface area (Å²) < 4.78 is 5.23. The van der Waals surface area contributed by atoms with Crippen LogP contribution in [0.1, 0.15) is 35.7 Å². The van der Waals surface area contributed by atoms with Crippen molar-refractivity contribution in [3.8, 4) is 5.75 Å². The van der Waals surface area contributed by atoms with Crippen LogP contribution >= 0.6 is 11.8 Å². The Hall–Kier alpha value is -1.16. The van der Waals surface area contributed by atoms with Gasteiger partial charge in [-0.05, 0) is 30.4 Å². The topological polar surface area (TPSA) is 46.5 Å². The maximum atomic E-state index is 10.9. The standard InChI is InChI=1S/C13H18O3S/c1-3-4-7-17-9-11-8-10(13(14)15)5-6-12(11)16-2/h5-6,8H,3-4,7,9H2,1-2H3,(H,14,15). The summed E-state index contributed by atoms with van der Waals surface area (Å²) in [4.78, 5) is 10.9. The van der Waals surface area contributed by atoms with Gasteiger partial charge in [0.1, 0.15) is 5.75 Å². The molecule has 0 atom stereocenters. The van der Waals surface area contributed by atoms with Crippen LogP contribution < -0.4 is 4.74 Å². The molecule has 0 saturated heterocycles. The van der Waals surface area contributed by atoms with Crippen LogP contribution in [0.25, 0.3) is 0 Å². The molecule has 0 aromatic heterocycles. The van der Waals surface area contributed by atoms with E-state index in [-0.39, 0.29) is 0 Å². The van der Waals surface area contributed by atoms with E-state index < -0.39 is 5.97 Å². The molecule has 0 saturated carbocycles. The van der Waals surface area contributed by atoms with Gasteiger partial charge >= 0.3 is 5.97 Å². The van der Waals surface area contributed by atoms with Gasteiger partial charge in [0.25, 0.3) is 0 Å². The number of unbranched alkanes of at least 4 members (excludes halogenated alkanes) is 1. The maximum Gasteiger partial charge on any atom is 0.335 e. The number of carboxylic acid groups (broad SMARTS) is 1. The van der Waals surface area contributed by atoms with Gasteiger partial charge in [0.05, 0.1) is 12.7 Å². The van der Waals surface area contributed by atoms with E-state index in [9.17, 15) is 4.79 Å². The lowest BCUT2D eigenvalue weighted by atomic mass is 10.1. The number of methoxy groups -OCH3 is 1. The first-order valence-electron chi connectivity index (χ1n) is 5.67. The summed E-state index contributed by atoms with van der Waals surface area (Å²) in [6, 6.07) is 4.99. The largest absolute Gasteiger partial charge is 0.496 e. The minimum absolute atomic E-state index is 0.317. The molecular weight excluding hydrogens is 236 g/mol. The maximum absolute atomic E-state index is 10.9. The van der Waals surface area contributed by atoms with Gasteiger partial charge in [0.15, 0.2) is 0 Å². The molecule has 0 spiro atoms. The van der Waals surface area contributed by atoms with Gasteiger partial charge in [-0.1, -0.05) is 13.3 Å². The van der Waals surface area contributed by atoms with Gasteiger partial charge in [-0.25, -0.2) is 4.79 Å². The molecule has 0 radical (unpaired) electrons. The highest BCUT2D eigenvalue weighted by atomic mass is 32.2. The van der Waals surface area contributed by atoms with Crippen LogP contribution in [0, 0.1) is 0 Å². The first-order valence-corrected chi connectivity index (χ1v) is 6.82. The third-order valence-electron chi connectivity index (χ3n) is 2.43. The lowest BCUT2D eigenvalue weighted by Gasteiger charge is -2.09. The van der Waals surface area contributed by atoms with E-state index in [1.54, 1.807) is 25.3 Å². The number of carboxylic acids is 1. The Morgan fingerprint density at radius 2 is 2.24 bits per heavy atom. The second-order valence-electron chi connectivity index (χ2n) is 3.74. The van der Waals surface area contributed by atoms with Crippen LogP contribution in [0.3, 0.4) is 0 Å². The molecule has 0 unspecified atom stereocenters. The number of hydrogen-bond acceptors (Lipinski definition) is 3. The number of rotatable bonds is 7. The quantitative estimate of drug-likeness (QED) is 0.757. The van der Waals surface area contributed by atoms with Gasteiger partial charge in [0, 0.05) is 11.3 Å². The molecule has 0 aliphatic carbocycles. The third kappa shape index (κ3) is 4.30. The van der Waals surface area contributed by atoms with E-state index in [0.717, 1.165) is 22.8 Å². The zero-order valence-electron chi connectivity index (χ0n) is 10.2. The summed E-state index contributed by atoms with van der Waals surface area (Å²) in [7, 11) is 1.61. The van der Waals surface area contributed by atoms with Gasteiger partial charge < -0.3 is 9.84 Å². The van der Waals surface area contributed by atoms with Crippen molar-refractivity contribution in [3.63, 3.8) is 0 Å². The molecule has 4 heteroatoms.